The van der Waals surface area contributed by atoms with E-state index in [0.29, 0.717) is 6.04 Å². The highest BCUT2D eigenvalue weighted by Gasteiger charge is 2.09. The Kier molecular flexibility index (Phi) is 5.65. The molecule has 0 aliphatic rings. The smallest absolute Gasteiger partial charge is 0.170 e. The van der Waals surface area contributed by atoms with Crippen molar-refractivity contribution in [2.24, 2.45) is 10.9 Å². The lowest BCUT2D eigenvalue weighted by Gasteiger charge is -2.26. The molecule has 0 unspecified atom stereocenters. The van der Waals surface area contributed by atoms with Crippen molar-refractivity contribution >= 4 is 5.84 Å². The van der Waals surface area contributed by atoms with Crippen molar-refractivity contribution < 1.29 is 5.21 Å². The first-order valence-corrected chi connectivity index (χ1v) is 6.39. The summed E-state index contributed by atoms with van der Waals surface area (Å²) in [6.45, 7) is 8.54. The highest BCUT2D eigenvalue weighted by molar-refractivity contribution is 5.97. The Morgan fingerprint density at radius 1 is 1.44 bits per heavy atom. The quantitative estimate of drug-likeness (QED) is 0.352. The van der Waals surface area contributed by atoms with E-state index in [2.05, 4.69) is 36.9 Å². The fraction of sp³-hybridized carbons (Fsp3) is 0.500. The number of oxime groups is 1. The van der Waals surface area contributed by atoms with Gasteiger partial charge in [0.1, 0.15) is 0 Å². The van der Waals surface area contributed by atoms with Gasteiger partial charge in [0.25, 0.3) is 0 Å². The SMILES string of the molecule is CCCN(Cc1cccc(/C(N)=N/O)c1)C(C)C. The standard InChI is InChI=1S/C14H23N3O/c1-4-8-17(11(2)3)10-12-6-5-7-13(9-12)14(15)16-18/h5-7,9,11,18H,4,8,10H2,1-3H3,(H2,15,16). The molecule has 0 heterocycles. The van der Waals surface area contributed by atoms with Crippen LogP contribution in [0.1, 0.15) is 38.3 Å². The van der Waals surface area contributed by atoms with E-state index in [1.54, 1.807) is 0 Å². The molecule has 0 saturated heterocycles. The average Bonchev–Trinajstić information content (AvgIpc) is 2.37. The van der Waals surface area contributed by atoms with Gasteiger partial charge in [-0.2, -0.15) is 0 Å². The van der Waals surface area contributed by atoms with Gasteiger partial charge in [0.2, 0.25) is 0 Å². The zero-order valence-corrected chi connectivity index (χ0v) is 11.4. The van der Waals surface area contributed by atoms with Crippen LogP contribution >= 0.6 is 0 Å². The summed E-state index contributed by atoms with van der Waals surface area (Å²) in [4.78, 5) is 2.41. The molecular formula is C14H23N3O. The van der Waals surface area contributed by atoms with E-state index in [0.717, 1.165) is 25.1 Å². The summed E-state index contributed by atoms with van der Waals surface area (Å²) in [7, 11) is 0. The van der Waals surface area contributed by atoms with Crippen LogP contribution in [0.4, 0.5) is 0 Å². The van der Waals surface area contributed by atoms with Crippen molar-refractivity contribution in [3.05, 3.63) is 35.4 Å². The maximum Gasteiger partial charge on any atom is 0.170 e. The van der Waals surface area contributed by atoms with Gasteiger partial charge in [0, 0.05) is 18.2 Å². The Labute approximate surface area is 109 Å². The summed E-state index contributed by atoms with van der Waals surface area (Å²) in [6.07, 6.45) is 1.14. The van der Waals surface area contributed by atoms with Gasteiger partial charge in [-0.3, -0.25) is 4.90 Å². The minimum absolute atomic E-state index is 0.156. The lowest BCUT2D eigenvalue weighted by Crippen LogP contribution is -2.31. The number of hydrogen-bond acceptors (Lipinski definition) is 3. The molecule has 100 valence electrons. The first-order valence-electron chi connectivity index (χ1n) is 6.39. The minimum atomic E-state index is 0.156. The molecule has 0 atom stereocenters. The molecular weight excluding hydrogens is 226 g/mol. The lowest BCUT2D eigenvalue weighted by atomic mass is 10.1. The van der Waals surface area contributed by atoms with Crippen molar-refractivity contribution in [3.63, 3.8) is 0 Å². The summed E-state index contributed by atoms with van der Waals surface area (Å²) >= 11 is 0. The molecule has 4 nitrogen and oxygen atoms in total. The fourth-order valence-corrected chi connectivity index (χ4v) is 1.93. The summed E-state index contributed by atoms with van der Waals surface area (Å²) in [5.41, 5.74) is 7.54. The van der Waals surface area contributed by atoms with E-state index in [4.69, 9.17) is 10.9 Å². The molecule has 0 aliphatic heterocycles. The summed E-state index contributed by atoms with van der Waals surface area (Å²) in [5.74, 6) is 0.156. The van der Waals surface area contributed by atoms with Crippen molar-refractivity contribution in [2.75, 3.05) is 6.54 Å². The van der Waals surface area contributed by atoms with Crippen LogP contribution in [-0.2, 0) is 6.54 Å². The van der Waals surface area contributed by atoms with E-state index >= 15 is 0 Å². The van der Waals surface area contributed by atoms with Crippen LogP contribution in [0.15, 0.2) is 29.4 Å². The largest absolute Gasteiger partial charge is 0.409 e. The molecule has 0 amide bonds. The van der Waals surface area contributed by atoms with E-state index in [1.807, 2.05) is 18.2 Å². The van der Waals surface area contributed by atoms with Crippen LogP contribution in [0, 0.1) is 0 Å². The number of nitrogens with two attached hydrogens (primary N) is 1. The Hall–Kier alpha value is -1.55. The second-order valence-corrected chi connectivity index (χ2v) is 4.75. The number of amidine groups is 1. The van der Waals surface area contributed by atoms with Crippen molar-refractivity contribution in [1.29, 1.82) is 0 Å². The highest BCUT2D eigenvalue weighted by atomic mass is 16.4. The van der Waals surface area contributed by atoms with Crippen molar-refractivity contribution in [3.8, 4) is 0 Å². The Morgan fingerprint density at radius 3 is 2.72 bits per heavy atom. The van der Waals surface area contributed by atoms with Gasteiger partial charge in [-0.15, -0.1) is 0 Å². The maximum absolute atomic E-state index is 8.69. The zero-order valence-electron chi connectivity index (χ0n) is 11.4. The number of benzene rings is 1. The second-order valence-electron chi connectivity index (χ2n) is 4.75. The van der Waals surface area contributed by atoms with E-state index in [9.17, 15) is 0 Å². The molecule has 0 bridgehead atoms. The second kappa shape index (κ2) is 7.01. The Balaban J connectivity index is 2.83. The van der Waals surface area contributed by atoms with Gasteiger partial charge < -0.3 is 10.9 Å². The van der Waals surface area contributed by atoms with Crippen molar-refractivity contribution in [1.82, 2.24) is 4.90 Å². The topological polar surface area (TPSA) is 61.8 Å². The van der Waals surface area contributed by atoms with Crippen LogP contribution < -0.4 is 5.73 Å². The molecule has 0 spiro atoms. The zero-order chi connectivity index (χ0) is 13.5. The van der Waals surface area contributed by atoms with Gasteiger partial charge in [-0.05, 0) is 38.4 Å². The predicted molar refractivity (Wildman–Crippen MR) is 74.8 cm³/mol. The lowest BCUT2D eigenvalue weighted by molar-refractivity contribution is 0.213. The van der Waals surface area contributed by atoms with Crippen LogP contribution in [0.2, 0.25) is 0 Å². The first kappa shape index (κ1) is 14.5. The average molecular weight is 249 g/mol. The molecule has 18 heavy (non-hydrogen) atoms. The van der Waals surface area contributed by atoms with Crippen LogP contribution in [-0.4, -0.2) is 28.5 Å². The Morgan fingerprint density at radius 2 is 2.17 bits per heavy atom. The molecule has 0 radical (unpaired) electrons. The third-order valence-corrected chi connectivity index (χ3v) is 2.96. The van der Waals surface area contributed by atoms with E-state index in [-0.39, 0.29) is 5.84 Å². The molecule has 0 aliphatic carbocycles. The summed E-state index contributed by atoms with van der Waals surface area (Å²) in [6, 6.07) is 8.34. The molecule has 1 aromatic carbocycles. The number of nitrogens with zero attached hydrogens (tertiary/aromatic N) is 2. The molecule has 0 fully saturated rings. The number of rotatable bonds is 6. The molecule has 1 rings (SSSR count). The third kappa shape index (κ3) is 4.04. The molecule has 3 N–H and O–H groups in total. The summed E-state index contributed by atoms with van der Waals surface area (Å²) in [5, 5.41) is 11.7. The van der Waals surface area contributed by atoms with Gasteiger partial charge in [-0.25, -0.2) is 0 Å². The van der Waals surface area contributed by atoms with Gasteiger partial charge in [0.15, 0.2) is 5.84 Å². The Bertz CT molecular complexity index is 402. The van der Waals surface area contributed by atoms with Crippen LogP contribution in [0.25, 0.3) is 0 Å². The predicted octanol–water partition coefficient (Wildman–Crippen LogP) is 2.40. The first-order chi connectivity index (χ1) is 8.58. The highest BCUT2D eigenvalue weighted by Crippen LogP contribution is 2.11. The molecule has 0 saturated carbocycles. The molecule has 1 aromatic rings. The third-order valence-electron chi connectivity index (χ3n) is 2.96. The summed E-state index contributed by atoms with van der Waals surface area (Å²) < 4.78 is 0. The van der Waals surface area contributed by atoms with Gasteiger partial charge >= 0.3 is 0 Å². The number of hydrogen-bond donors (Lipinski definition) is 2. The van der Waals surface area contributed by atoms with Crippen molar-refractivity contribution in [2.45, 2.75) is 39.8 Å². The fourth-order valence-electron chi connectivity index (χ4n) is 1.93. The normalized spacial score (nSPS) is 12.4. The van der Waals surface area contributed by atoms with E-state index in [1.165, 1.54) is 5.56 Å². The minimum Gasteiger partial charge on any atom is -0.409 e. The molecule has 4 heteroatoms. The van der Waals surface area contributed by atoms with Gasteiger partial charge in [0.05, 0.1) is 0 Å². The van der Waals surface area contributed by atoms with Crippen LogP contribution in [0.3, 0.4) is 0 Å². The monoisotopic (exact) mass is 249 g/mol. The van der Waals surface area contributed by atoms with Crippen LogP contribution in [0.5, 0.6) is 0 Å². The maximum atomic E-state index is 8.69. The molecule has 0 aromatic heterocycles. The van der Waals surface area contributed by atoms with Gasteiger partial charge in [-0.1, -0.05) is 30.3 Å². The van der Waals surface area contributed by atoms with E-state index < -0.39 is 0 Å².